The Labute approximate surface area is 96.8 Å². The number of methoxy groups -OCH3 is 2. The molecule has 0 aliphatic rings. The van der Waals surface area contributed by atoms with Crippen LogP contribution in [0.5, 0.6) is 11.5 Å². The molecule has 0 saturated heterocycles. The van der Waals surface area contributed by atoms with Crippen LogP contribution in [0.4, 0.5) is 5.13 Å². The van der Waals surface area contributed by atoms with Crippen LogP contribution in [0.2, 0.25) is 0 Å². The van der Waals surface area contributed by atoms with E-state index >= 15 is 0 Å². The van der Waals surface area contributed by atoms with Gasteiger partial charge >= 0.3 is 0 Å². The van der Waals surface area contributed by atoms with Gasteiger partial charge in [-0.15, -0.1) is 10.2 Å². The summed E-state index contributed by atoms with van der Waals surface area (Å²) in [5, 5.41) is 8.91. The third-order valence-electron chi connectivity index (χ3n) is 2.08. The Kier molecular flexibility index (Phi) is 2.91. The lowest BCUT2D eigenvalue weighted by atomic mass is 10.2. The Hall–Kier alpha value is -1.82. The predicted octanol–water partition coefficient (Wildman–Crippen LogP) is 1.80. The minimum absolute atomic E-state index is 0.438. The molecule has 6 heteroatoms. The second-order valence-corrected chi connectivity index (χ2v) is 4.02. The molecule has 0 unspecified atom stereocenters. The predicted molar refractivity (Wildman–Crippen MR) is 62.9 cm³/mol. The maximum Gasteiger partial charge on any atom is 0.203 e. The molecule has 0 bridgehead atoms. The van der Waals surface area contributed by atoms with Crippen LogP contribution in [-0.2, 0) is 0 Å². The number of rotatable bonds is 3. The summed E-state index contributed by atoms with van der Waals surface area (Å²) in [6.07, 6.45) is 0. The smallest absolute Gasteiger partial charge is 0.203 e. The zero-order chi connectivity index (χ0) is 11.5. The normalized spacial score (nSPS) is 10.1. The van der Waals surface area contributed by atoms with E-state index in [2.05, 4.69) is 10.2 Å². The van der Waals surface area contributed by atoms with Gasteiger partial charge in [0.05, 0.1) is 19.8 Å². The van der Waals surface area contributed by atoms with E-state index in [0.717, 1.165) is 16.3 Å². The van der Waals surface area contributed by atoms with Crippen molar-refractivity contribution in [2.24, 2.45) is 0 Å². The van der Waals surface area contributed by atoms with Crippen LogP contribution in [0.1, 0.15) is 0 Å². The van der Waals surface area contributed by atoms with Crippen LogP contribution in [0.15, 0.2) is 18.2 Å². The molecule has 0 radical (unpaired) electrons. The quantitative estimate of drug-likeness (QED) is 0.881. The van der Waals surface area contributed by atoms with E-state index in [4.69, 9.17) is 15.2 Å². The summed E-state index contributed by atoms with van der Waals surface area (Å²) >= 11 is 1.32. The summed E-state index contributed by atoms with van der Waals surface area (Å²) in [6.45, 7) is 0. The first-order valence-corrected chi connectivity index (χ1v) is 5.37. The van der Waals surface area contributed by atoms with Gasteiger partial charge in [-0.2, -0.15) is 0 Å². The number of nitrogen functional groups attached to an aromatic ring is 1. The summed E-state index contributed by atoms with van der Waals surface area (Å²) in [5.74, 6) is 1.42. The Morgan fingerprint density at radius 2 is 2.00 bits per heavy atom. The standard InChI is InChI=1S/C10H11N3O2S/c1-14-6-3-4-7(8(5-6)15-2)9-12-13-10(11)16-9/h3-5H,1-2H3,(H2,11,13). The zero-order valence-corrected chi connectivity index (χ0v) is 9.75. The lowest BCUT2D eigenvalue weighted by Crippen LogP contribution is -1.90. The third-order valence-corrected chi connectivity index (χ3v) is 2.87. The van der Waals surface area contributed by atoms with Gasteiger partial charge in [0.25, 0.3) is 0 Å². The monoisotopic (exact) mass is 237 g/mol. The molecule has 1 aromatic carbocycles. The van der Waals surface area contributed by atoms with Gasteiger partial charge in [-0.1, -0.05) is 11.3 Å². The van der Waals surface area contributed by atoms with Gasteiger partial charge in [0.15, 0.2) is 5.01 Å². The van der Waals surface area contributed by atoms with Gasteiger partial charge in [-0.3, -0.25) is 0 Å². The first-order chi connectivity index (χ1) is 7.74. The van der Waals surface area contributed by atoms with Crippen LogP contribution in [0, 0.1) is 0 Å². The van der Waals surface area contributed by atoms with Crippen LogP contribution in [0.3, 0.4) is 0 Å². The fourth-order valence-electron chi connectivity index (χ4n) is 1.32. The molecule has 1 aromatic heterocycles. The first kappa shape index (κ1) is 10.7. The highest BCUT2D eigenvalue weighted by Crippen LogP contribution is 2.35. The van der Waals surface area contributed by atoms with E-state index in [1.165, 1.54) is 11.3 Å². The van der Waals surface area contributed by atoms with Crippen molar-refractivity contribution in [3.05, 3.63) is 18.2 Å². The fourth-order valence-corrected chi connectivity index (χ4v) is 1.96. The molecule has 0 aliphatic carbocycles. The van der Waals surface area contributed by atoms with Gasteiger partial charge in [0.2, 0.25) is 5.13 Å². The molecule has 0 amide bonds. The lowest BCUT2D eigenvalue weighted by Gasteiger charge is -2.07. The van der Waals surface area contributed by atoms with Crippen LogP contribution in [0.25, 0.3) is 10.6 Å². The van der Waals surface area contributed by atoms with Crippen molar-refractivity contribution < 1.29 is 9.47 Å². The van der Waals surface area contributed by atoms with Gasteiger partial charge in [-0.25, -0.2) is 0 Å². The van der Waals surface area contributed by atoms with Crippen LogP contribution < -0.4 is 15.2 Å². The van der Waals surface area contributed by atoms with Gasteiger partial charge in [0.1, 0.15) is 11.5 Å². The molecule has 84 valence electrons. The summed E-state index contributed by atoms with van der Waals surface area (Å²) in [7, 11) is 3.21. The molecule has 5 nitrogen and oxygen atoms in total. The summed E-state index contributed by atoms with van der Waals surface area (Å²) in [4.78, 5) is 0. The molecule has 0 atom stereocenters. The molecule has 0 saturated carbocycles. The molecule has 16 heavy (non-hydrogen) atoms. The molecule has 0 spiro atoms. The van der Waals surface area contributed by atoms with E-state index in [-0.39, 0.29) is 0 Å². The average molecular weight is 237 g/mol. The van der Waals surface area contributed by atoms with Gasteiger partial charge in [-0.05, 0) is 12.1 Å². The fraction of sp³-hybridized carbons (Fsp3) is 0.200. The summed E-state index contributed by atoms with van der Waals surface area (Å²) < 4.78 is 10.4. The minimum atomic E-state index is 0.438. The number of anilines is 1. The van der Waals surface area contributed by atoms with Crippen molar-refractivity contribution in [3.63, 3.8) is 0 Å². The van der Waals surface area contributed by atoms with Gasteiger partial charge in [0, 0.05) is 6.07 Å². The topological polar surface area (TPSA) is 70.3 Å². The van der Waals surface area contributed by atoms with Gasteiger partial charge < -0.3 is 15.2 Å². The Morgan fingerprint density at radius 1 is 1.19 bits per heavy atom. The highest BCUT2D eigenvalue weighted by atomic mass is 32.1. The van der Waals surface area contributed by atoms with E-state index in [9.17, 15) is 0 Å². The number of nitrogens with zero attached hydrogens (tertiary/aromatic N) is 2. The number of hydrogen-bond acceptors (Lipinski definition) is 6. The third kappa shape index (κ3) is 1.92. The number of aromatic nitrogens is 2. The van der Waals surface area contributed by atoms with Crippen molar-refractivity contribution in [1.29, 1.82) is 0 Å². The number of benzene rings is 1. The zero-order valence-electron chi connectivity index (χ0n) is 8.93. The van der Waals surface area contributed by atoms with Crippen molar-refractivity contribution in [3.8, 4) is 22.1 Å². The number of nitrogens with two attached hydrogens (primary N) is 1. The maximum absolute atomic E-state index is 5.54. The van der Waals surface area contributed by atoms with Crippen molar-refractivity contribution in [1.82, 2.24) is 10.2 Å². The van der Waals surface area contributed by atoms with Crippen molar-refractivity contribution in [2.75, 3.05) is 20.0 Å². The molecule has 0 fully saturated rings. The van der Waals surface area contributed by atoms with E-state index in [0.29, 0.717) is 10.9 Å². The largest absolute Gasteiger partial charge is 0.497 e. The molecule has 2 rings (SSSR count). The average Bonchev–Trinajstić information content (AvgIpc) is 2.74. The van der Waals surface area contributed by atoms with Crippen molar-refractivity contribution in [2.45, 2.75) is 0 Å². The minimum Gasteiger partial charge on any atom is -0.497 e. The summed E-state index contributed by atoms with van der Waals surface area (Å²) in [6, 6.07) is 5.51. The highest BCUT2D eigenvalue weighted by Gasteiger charge is 2.11. The van der Waals surface area contributed by atoms with E-state index < -0.39 is 0 Å². The number of hydrogen-bond donors (Lipinski definition) is 1. The second kappa shape index (κ2) is 4.36. The summed E-state index contributed by atoms with van der Waals surface area (Å²) in [5.41, 5.74) is 6.40. The molecule has 1 heterocycles. The lowest BCUT2D eigenvalue weighted by molar-refractivity contribution is 0.395. The molecule has 2 aromatic rings. The second-order valence-electron chi connectivity index (χ2n) is 3.01. The molecule has 0 aliphatic heterocycles. The molecular weight excluding hydrogens is 226 g/mol. The molecule has 2 N–H and O–H groups in total. The number of ether oxygens (including phenoxy) is 2. The SMILES string of the molecule is COc1ccc(-c2nnc(N)s2)c(OC)c1. The first-order valence-electron chi connectivity index (χ1n) is 4.56. The van der Waals surface area contributed by atoms with Crippen LogP contribution >= 0.6 is 11.3 Å². The Balaban J connectivity index is 2.48. The highest BCUT2D eigenvalue weighted by molar-refractivity contribution is 7.18. The Bertz CT molecular complexity index is 499. The van der Waals surface area contributed by atoms with Crippen LogP contribution in [-0.4, -0.2) is 24.4 Å². The van der Waals surface area contributed by atoms with E-state index in [1.807, 2.05) is 12.1 Å². The maximum atomic E-state index is 5.54. The Morgan fingerprint density at radius 3 is 2.56 bits per heavy atom. The molecular formula is C10H11N3O2S. The van der Waals surface area contributed by atoms with Crippen molar-refractivity contribution >= 4 is 16.5 Å². The van der Waals surface area contributed by atoms with E-state index in [1.54, 1.807) is 20.3 Å².